The predicted octanol–water partition coefficient (Wildman–Crippen LogP) is 1.23. The van der Waals surface area contributed by atoms with E-state index in [2.05, 4.69) is 15.2 Å². The highest BCUT2D eigenvalue weighted by Gasteiger charge is 2.19. The molecule has 0 radical (unpaired) electrons. The van der Waals surface area contributed by atoms with Gasteiger partial charge in [0.15, 0.2) is 6.10 Å². The second-order valence-corrected chi connectivity index (χ2v) is 4.20. The van der Waals surface area contributed by atoms with Gasteiger partial charge in [-0.25, -0.2) is 4.98 Å². The summed E-state index contributed by atoms with van der Waals surface area (Å²) in [5, 5.41) is 6.46. The number of nitrogens with one attached hydrogen (secondary N) is 1. The van der Waals surface area contributed by atoms with E-state index in [1.807, 2.05) is 30.3 Å². The molecule has 6 heteroatoms. The van der Waals surface area contributed by atoms with E-state index in [1.165, 1.54) is 6.33 Å². The molecule has 1 N–H and O–H groups in total. The molecule has 2 aromatic rings. The van der Waals surface area contributed by atoms with E-state index in [9.17, 15) is 4.79 Å². The fourth-order valence-corrected chi connectivity index (χ4v) is 1.67. The van der Waals surface area contributed by atoms with E-state index in [-0.39, 0.29) is 5.91 Å². The maximum absolute atomic E-state index is 12.1. The molecule has 0 saturated carbocycles. The minimum atomic E-state index is -0.546. The van der Waals surface area contributed by atoms with Crippen LogP contribution >= 0.6 is 0 Å². The number of amides is 1. The van der Waals surface area contributed by atoms with E-state index in [1.54, 1.807) is 18.9 Å². The molecule has 19 heavy (non-hydrogen) atoms. The number of rotatable bonds is 5. The van der Waals surface area contributed by atoms with Crippen LogP contribution in [-0.4, -0.2) is 39.1 Å². The van der Waals surface area contributed by atoms with Crippen LogP contribution < -0.4 is 4.74 Å². The average Bonchev–Trinajstić information content (AvgIpc) is 2.91. The summed E-state index contributed by atoms with van der Waals surface area (Å²) >= 11 is 0. The molecule has 0 spiro atoms. The lowest BCUT2D eigenvalue weighted by atomic mass is 10.3. The van der Waals surface area contributed by atoms with E-state index in [4.69, 9.17) is 4.74 Å². The number of carbonyl (C=O) groups excluding carboxylic acids is 1. The van der Waals surface area contributed by atoms with E-state index in [0.29, 0.717) is 18.1 Å². The summed E-state index contributed by atoms with van der Waals surface area (Å²) in [5.41, 5.74) is 0. The van der Waals surface area contributed by atoms with Gasteiger partial charge in [-0.15, -0.1) is 0 Å². The van der Waals surface area contributed by atoms with Crippen molar-refractivity contribution in [2.24, 2.45) is 0 Å². The number of hydrogen-bond donors (Lipinski definition) is 1. The second kappa shape index (κ2) is 5.99. The van der Waals surface area contributed by atoms with Crippen molar-refractivity contribution in [2.45, 2.75) is 19.6 Å². The minimum absolute atomic E-state index is 0.111. The molecule has 0 aliphatic heterocycles. The molecule has 0 aliphatic rings. The smallest absolute Gasteiger partial charge is 0.263 e. The molecule has 0 bridgehead atoms. The average molecular weight is 260 g/mol. The number of ether oxygens (including phenoxy) is 1. The molecule has 6 nitrogen and oxygen atoms in total. The lowest BCUT2D eigenvalue weighted by Gasteiger charge is -2.21. The first-order valence-electron chi connectivity index (χ1n) is 5.97. The van der Waals surface area contributed by atoms with Gasteiger partial charge in [0.2, 0.25) is 0 Å². The molecule has 2 rings (SSSR count). The Bertz CT molecular complexity index is 513. The Kier molecular flexibility index (Phi) is 4.12. The van der Waals surface area contributed by atoms with Crippen LogP contribution in [0.4, 0.5) is 0 Å². The summed E-state index contributed by atoms with van der Waals surface area (Å²) in [7, 11) is 1.70. The van der Waals surface area contributed by atoms with Gasteiger partial charge in [-0.05, 0) is 19.1 Å². The number of likely N-dealkylation sites (N-methyl/N-ethyl adjacent to an activating group) is 1. The van der Waals surface area contributed by atoms with Crippen LogP contribution in [0, 0.1) is 0 Å². The molecule has 0 saturated heterocycles. The molecule has 1 amide bonds. The summed E-state index contributed by atoms with van der Waals surface area (Å²) < 4.78 is 5.58. The van der Waals surface area contributed by atoms with Crippen LogP contribution in [-0.2, 0) is 11.3 Å². The second-order valence-electron chi connectivity index (χ2n) is 4.20. The molecule has 1 aromatic carbocycles. The minimum Gasteiger partial charge on any atom is -0.481 e. The summed E-state index contributed by atoms with van der Waals surface area (Å²) in [6.45, 7) is 2.10. The largest absolute Gasteiger partial charge is 0.481 e. The van der Waals surface area contributed by atoms with Crippen LogP contribution in [0.5, 0.6) is 5.75 Å². The number of aromatic nitrogens is 3. The normalized spacial score (nSPS) is 11.9. The highest BCUT2D eigenvalue weighted by molar-refractivity contribution is 5.80. The van der Waals surface area contributed by atoms with E-state index >= 15 is 0 Å². The Morgan fingerprint density at radius 1 is 1.42 bits per heavy atom. The third kappa shape index (κ3) is 3.54. The number of carbonyl (C=O) groups is 1. The summed E-state index contributed by atoms with van der Waals surface area (Å²) in [4.78, 5) is 17.6. The van der Waals surface area contributed by atoms with E-state index in [0.717, 1.165) is 0 Å². The maximum atomic E-state index is 12.1. The number of aromatic amines is 1. The molecule has 1 heterocycles. The van der Waals surface area contributed by atoms with E-state index < -0.39 is 6.10 Å². The SMILES string of the molecule is CC(Oc1ccccc1)C(=O)N(C)Cc1ncn[nH]1. The van der Waals surface area contributed by atoms with Crippen molar-refractivity contribution in [3.63, 3.8) is 0 Å². The third-order valence-electron chi connectivity index (χ3n) is 2.63. The van der Waals surface area contributed by atoms with Crippen molar-refractivity contribution < 1.29 is 9.53 Å². The number of benzene rings is 1. The first kappa shape index (κ1) is 13.1. The van der Waals surface area contributed by atoms with Gasteiger partial charge in [0.1, 0.15) is 17.9 Å². The van der Waals surface area contributed by atoms with Gasteiger partial charge in [0, 0.05) is 7.05 Å². The highest BCUT2D eigenvalue weighted by Crippen LogP contribution is 2.12. The van der Waals surface area contributed by atoms with Gasteiger partial charge in [0.25, 0.3) is 5.91 Å². The predicted molar refractivity (Wildman–Crippen MR) is 69.4 cm³/mol. The van der Waals surface area contributed by atoms with Gasteiger partial charge >= 0.3 is 0 Å². The monoisotopic (exact) mass is 260 g/mol. The third-order valence-corrected chi connectivity index (χ3v) is 2.63. The van der Waals surface area contributed by atoms with Crippen molar-refractivity contribution >= 4 is 5.91 Å². The Morgan fingerprint density at radius 3 is 2.79 bits per heavy atom. The van der Waals surface area contributed by atoms with Crippen LogP contribution in [0.25, 0.3) is 0 Å². The lowest BCUT2D eigenvalue weighted by Crippen LogP contribution is -2.37. The first-order chi connectivity index (χ1) is 9.16. The number of hydrogen-bond acceptors (Lipinski definition) is 4. The van der Waals surface area contributed by atoms with Gasteiger partial charge in [-0.3, -0.25) is 9.89 Å². The molecule has 0 aliphatic carbocycles. The molecular formula is C13H16N4O2. The molecule has 1 aromatic heterocycles. The fraction of sp³-hybridized carbons (Fsp3) is 0.308. The molecule has 1 unspecified atom stereocenters. The Morgan fingerprint density at radius 2 is 2.16 bits per heavy atom. The maximum Gasteiger partial charge on any atom is 0.263 e. The Balaban J connectivity index is 1.91. The van der Waals surface area contributed by atoms with Crippen LogP contribution in [0.15, 0.2) is 36.7 Å². The summed E-state index contributed by atoms with van der Waals surface area (Å²) in [5.74, 6) is 1.21. The zero-order chi connectivity index (χ0) is 13.7. The van der Waals surface area contributed by atoms with Crippen molar-refractivity contribution in [3.05, 3.63) is 42.5 Å². The Hall–Kier alpha value is -2.37. The van der Waals surface area contributed by atoms with Crippen LogP contribution in [0.3, 0.4) is 0 Å². The standard InChI is InChI=1S/C13H16N4O2/c1-10(19-11-6-4-3-5-7-11)13(18)17(2)8-12-14-9-15-16-12/h3-7,9-10H,8H2,1-2H3,(H,14,15,16). The molecule has 100 valence electrons. The van der Waals surface area contributed by atoms with Crippen LogP contribution in [0.1, 0.15) is 12.7 Å². The first-order valence-corrected chi connectivity index (χ1v) is 5.97. The Labute approximate surface area is 111 Å². The number of nitrogens with zero attached hydrogens (tertiary/aromatic N) is 3. The van der Waals surface area contributed by atoms with Crippen molar-refractivity contribution in [3.8, 4) is 5.75 Å². The van der Waals surface area contributed by atoms with Gasteiger partial charge in [-0.2, -0.15) is 5.10 Å². The number of H-pyrrole nitrogens is 1. The number of para-hydroxylation sites is 1. The van der Waals surface area contributed by atoms with Gasteiger partial charge < -0.3 is 9.64 Å². The summed E-state index contributed by atoms with van der Waals surface area (Å²) in [6, 6.07) is 9.27. The van der Waals surface area contributed by atoms with Gasteiger partial charge in [0.05, 0.1) is 6.54 Å². The molecular weight excluding hydrogens is 244 g/mol. The molecule has 0 fully saturated rings. The lowest BCUT2D eigenvalue weighted by molar-refractivity contribution is -0.137. The quantitative estimate of drug-likeness (QED) is 0.877. The zero-order valence-corrected chi connectivity index (χ0v) is 10.9. The molecule has 1 atom stereocenters. The van der Waals surface area contributed by atoms with Crippen molar-refractivity contribution in [1.82, 2.24) is 20.1 Å². The van der Waals surface area contributed by atoms with Crippen molar-refractivity contribution in [2.75, 3.05) is 7.05 Å². The van der Waals surface area contributed by atoms with Crippen LogP contribution in [0.2, 0.25) is 0 Å². The van der Waals surface area contributed by atoms with Crippen molar-refractivity contribution in [1.29, 1.82) is 0 Å². The zero-order valence-electron chi connectivity index (χ0n) is 10.9. The highest BCUT2D eigenvalue weighted by atomic mass is 16.5. The van der Waals surface area contributed by atoms with Gasteiger partial charge in [-0.1, -0.05) is 18.2 Å². The fourth-order valence-electron chi connectivity index (χ4n) is 1.67. The topological polar surface area (TPSA) is 71.1 Å². The summed E-state index contributed by atoms with van der Waals surface area (Å²) in [6.07, 6.45) is 0.868.